The summed E-state index contributed by atoms with van der Waals surface area (Å²) in [5.41, 5.74) is 4.57. The molecule has 4 nitrogen and oxygen atoms in total. The lowest BCUT2D eigenvalue weighted by Gasteiger charge is -2.20. The van der Waals surface area contributed by atoms with E-state index in [0.717, 1.165) is 23.9 Å². The molecule has 1 aliphatic carbocycles. The van der Waals surface area contributed by atoms with E-state index in [4.69, 9.17) is 0 Å². The molecule has 0 unspecified atom stereocenters. The number of hydrogen-bond acceptors (Lipinski definition) is 4. The van der Waals surface area contributed by atoms with Gasteiger partial charge in [0.2, 0.25) is 0 Å². The molecule has 0 bridgehead atoms. The first-order valence-corrected chi connectivity index (χ1v) is 6.50. The predicted molar refractivity (Wildman–Crippen MR) is 76.5 cm³/mol. The fraction of sp³-hybridized carbons (Fsp3) is 0.571. The van der Waals surface area contributed by atoms with Crippen LogP contribution in [0.1, 0.15) is 33.6 Å². The van der Waals surface area contributed by atoms with E-state index in [-0.39, 0.29) is 5.66 Å². The summed E-state index contributed by atoms with van der Waals surface area (Å²) in [6.45, 7) is 11.1. The molecule has 0 aromatic heterocycles. The number of allylic oxidation sites excluding steroid dienone is 1. The van der Waals surface area contributed by atoms with Crippen LogP contribution in [0.25, 0.3) is 0 Å². The zero-order chi connectivity index (χ0) is 13.2. The molecule has 1 aliphatic heterocycles. The van der Waals surface area contributed by atoms with Crippen molar-refractivity contribution >= 4 is 11.9 Å². The van der Waals surface area contributed by atoms with Gasteiger partial charge in [-0.25, -0.2) is 0 Å². The van der Waals surface area contributed by atoms with Crippen LogP contribution >= 0.6 is 0 Å². The van der Waals surface area contributed by atoms with Gasteiger partial charge in [0, 0.05) is 12.7 Å². The van der Waals surface area contributed by atoms with E-state index in [0.29, 0.717) is 0 Å². The first-order chi connectivity index (χ1) is 8.52. The van der Waals surface area contributed by atoms with Gasteiger partial charge in [-0.2, -0.15) is 5.10 Å². The molecule has 1 fully saturated rings. The summed E-state index contributed by atoms with van der Waals surface area (Å²) in [5.74, 6) is 0.847. The largest absolute Gasteiger partial charge is 0.346 e. The van der Waals surface area contributed by atoms with Gasteiger partial charge in [0.25, 0.3) is 0 Å². The van der Waals surface area contributed by atoms with Crippen LogP contribution in [0.2, 0.25) is 0 Å². The van der Waals surface area contributed by atoms with Crippen LogP contribution in [0.15, 0.2) is 34.6 Å². The Kier molecular flexibility index (Phi) is 3.55. The zero-order valence-corrected chi connectivity index (χ0v) is 11.5. The Hall–Kier alpha value is -1.58. The van der Waals surface area contributed by atoms with Crippen molar-refractivity contribution in [2.75, 3.05) is 6.54 Å². The molecule has 0 aromatic carbocycles. The Morgan fingerprint density at radius 1 is 1.56 bits per heavy atom. The molecular weight excluding hydrogens is 224 g/mol. The highest BCUT2D eigenvalue weighted by Gasteiger charge is 2.27. The third kappa shape index (κ3) is 3.22. The van der Waals surface area contributed by atoms with Crippen molar-refractivity contribution < 1.29 is 0 Å². The van der Waals surface area contributed by atoms with Gasteiger partial charge in [0.1, 0.15) is 11.4 Å². The lowest BCUT2D eigenvalue weighted by molar-refractivity contribution is 0.420. The van der Waals surface area contributed by atoms with E-state index in [1.54, 1.807) is 6.21 Å². The molecule has 0 saturated heterocycles. The Labute approximate surface area is 109 Å². The van der Waals surface area contributed by atoms with Crippen LogP contribution in [-0.2, 0) is 0 Å². The molecule has 0 aromatic rings. The molecule has 1 N–H and O–H groups in total. The van der Waals surface area contributed by atoms with Gasteiger partial charge in [-0.15, -0.1) is 0 Å². The quantitative estimate of drug-likeness (QED) is 0.598. The van der Waals surface area contributed by atoms with Gasteiger partial charge < -0.3 is 4.90 Å². The van der Waals surface area contributed by atoms with Crippen molar-refractivity contribution in [2.24, 2.45) is 16.0 Å². The van der Waals surface area contributed by atoms with Crippen LogP contribution in [0.4, 0.5) is 0 Å². The molecule has 98 valence electrons. The zero-order valence-electron chi connectivity index (χ0n) is 11.5. The molecule has 2 aliphatic rings. The molecule has 0 radical (unpaired) electrons. The van der Waals surface area contributed by atoms with E-state index in [2.05, 4.69) is 33.2 Å². The van der Waals surface area contributed by atoms with Crippen molar-refractivity contribution in [1.82, 2.24) is 10.3 Å². The van der Waals surface area contributed by atoms with Crippen LogP contribution in [-0.4, -0.2) is 29.0 Å². The highest BCUT2D eigenvalue weighted by Crippen LogP contribution is 2.32. The summed E-state index contributed by atoms with van der Waals surface area (Å²) < 4.78 is 0. The van der Waals surface area contributed by atoms with Crippen molar-refractivity contribution in [3.8, 4) is 0 Å². The average molecular weight is 246 g/mol. The van der Waals surface area contributed by atoms with Crippen LogP contribution in [0, 0.1) is 5.92 Å². The first kappa shape index (κ1) is 12.9. The molecule has 2 rings (SSSR count). The average Bonchev–Trinajstić information content (AvgIpc) is 3.04. The molecular formula is C14H22N4. The van der Waals surface area contributed by atoms with Gasteiger partial charge in [0.15, 0.2) is 0 Å². The second-order valence-electron chi connectivity index (χ2n) is 5.41. The topological polar surface area (TPSA) is 40.0 Å². The Morgan fingerprint density at radius 2 is 2.28 bits per heavy atom. The minimum Gasteiger partial charge on any atom is -0.346 e. The SMILES string of the molecule is C=C1/C(=N\NC(C)(C)/N=C\C)C=CN1CC1CC1. The van der Waals surface area contributed by atoms with E-state index in [1.165, 1.54) is 12.8 Å². The second kappa shape index (κ2) is 4.96. The van der Waals surface area contributed by atoms with Gasteiger partial charge in [-0.05, 0) is 51.8 Å². The molecule has 0 atom stereocenters. The maximum Gasteiger partial charge on any atom is 0.138 e. The normalized spacial score (nSPS) is 22.5. The second-order valence-corrected chi connectivity index (χ2v) is 5.41. The summed E-state index contributed by atoms with van der Waals surface area (Å²) in [6, 6.07) is 0. The van der Waals surface area contributed by atoms with Crippen LogP contribution in [0.5, 0.6) is 0 Å². The number of nitrogens with one attached hydrogen (secondary N) is 1. The highest BCUT2D eigenvalue weighted by molar-refractivity contribution is 6.09. The highest BCUT2D eigenvalue weighted by atomic mass is 15.4. The molecule has 0 amide bonds. The summed E-state index contributed by atoms with van der Waals surface area (Å²) in [7, 11) is 0. The Morgan fingerprint density at radius 3 is 2.89 bits per heavy atom. The third-order valence-corrected chi connectivity index (χ3v) is 3.11. The van der Waals surface area contributed by atoms with E-state index in [1.807, 2.05) is 26.8 Å². The Balaban J connectivity index is 1.94. The van der Waals surface area contributed by atoms with Gasteiger partial charge in [-0.1, -0.05) is 6.58 Å². The van der Waals surface area contributed by atoms with E-state index < -0.39 is 0 Å². The van der Waals surface area contributed by atoms with Crippen molar-refractivity contribution in [3.05, 3.63) is 24.6 Å². The smallest absolute Gasteiger partial charge is 0.138 e. The lowest BCUT2D eigenvalue weighted by Crippen LogP contribution is -2.34. The van der Waals surface area contributed by atoms with Gasteiger partial charge in [-0.3, -0.25) is 10.4 Å². The first-order valence-electron chi connectivity index (χ1n) is 6.50. The van der Waals surface area contributed by atoms with Crippen LogP contribution < -0.4 is 5.43 Å². The number of aliphatic imine (C=N–C) groups is 1. The van der Waals surface area contributed by atoms with Gasteiger partial charge in [0.05, 0.1) is 5.70 Å². The number of hydrazone groups is 1. The summed E-state index contributed by atoms with van der Waals surface area (Å²) in [5, 5.41) is 4.40. The van der Waals surface area contributed by atoms with Crippen molar-refractivity contribution in [1.29, 1.82) is 0 Å². The standard InChI is InChI=1S/C14H22N4/c1-5-15-14(3,4)17-16-13-8-9-18(11(13)2)10-12-6-7-12/h5,8-9,12,17H,2,6-7,10H2,1,3-4H3/b15-5-,16-13-. The maximum atomic E-state index is 4.40. The molecule has 18 heavy (non-hydrogen) atoms. The minimum atomic E-state index is -0.375. The monoisotopic (exact) mass is 246 g/mol. The number of rotatable bonds is 5. The van der Waals surface area contributed by atoms with E-state index >= 15 is 0 Å². The van der Waals surface area contributed by atoms with Crippen molar-refractivity contribution in [3.63, 3.8) is 0 Å². The lowest BCUT2D eigenvalue weighted by atomic mass is 10.3. The molecule has 1 heterocycles. The maximum absolute atomic E-state index is 4.40. The Bertz CT molecular complexity index is 414. The fourth-order valence-electron chi connectivity index (χ4n) is 1.89. The predicted octanol–water partition coefficient (Wildman–Crippen LogP) is 2.51. The summed E-state index contributed by atoms with van der Waals surface area (Å²) >= 11 is 0. The number of hydrogen-bond donors (Lipinski definition) is 1. The molecule has 0 spiro atoms. The third-order valence-electron chi connectivity index (χ3n) is 3.11. The van der Waals surface area contributed by atoms with Gasteiger partial charge >= 0.3 is 0 Å². The summed E-state index contributed by atoms with van der Waals surface area (Å²) in [4.78, 5) is 6.50. The van der Waals surface area contributed by atoms with Crippen LogP contribution in [0.3, 0.4) is 0 Å². The van der Waals surface area contributed by atoms with E-state index in [9.17, 15) is 0 Å². The molecule has 4 heteroatoms. The minimum absolute atomic E-state index is 0.375. The fourth-order valence-corrected chi connectivity index (χ4v) is 1.89. The summed E-state index contributed by atoms with van der Waals surface area (Å²) in [6.07, 6.45) is 8.55. The molecule has 1 saturated carbocycles. The number of nitrogens with zero attached hydrogens (tertiary/aromatic N) is 3. The van der Waals surface area contributed by atoms with Crippen molar-refractivity contribution in [2.45, 2.75) is 39.3 Å².